The fraction of sp³-hybridized carbons (Fsp3) is 0.391. The smallest absolute Gasteiger partial charge is 0.244 e. The van der Waals surface area contributed by atoms with E-state index >= 15 is 0 Å². The standard InChI is InChI=1S/C23H31N3O6S/c1-6-19(23(28)24-2)25(15-17-10-9-11-18(14-17)31-3)22(27)16-26(33(5,29)30)20-12-7-8-13-21(20)32-4/h7-14,19H,6,15-16H2,1-5H3,(H,24,28)/t19-/m1/s1. The second-order valence-corrected chi connectivity index (χ2v) is 9.26. The van der Waals surface area contributed by atoms with Crippen molar-refractivity contribution in [3.63, 3.8) is 0 Å². The molecule has 0 aliphatic rings. The van der Waals surface area contributed by atoms with Gasteiger partial charge in [-0.2, -0.15) is 0 Å². The molecule has 0 bridgehead atoms. The van der Waals surface area contributed by atoms with Gasteiger partial charge >= 0.3 is 0 Å². The van der Waals surface area contributed by atoms with E-state index in [4.69, 9.17) is 9.47 Å². The summed E-state index contributed by atoms with van der Waals surface area (Å²) in [6.45, 7) is 1.41. The van der Waals surface area contributed by atoms with Gasteiger partial charge in [0.05, 0.1) is 26.2 Å². The lowest BCUT2D eigenvalue weighted by Crippen LogP contribution is -2.51. The number of amides is 2. The number of carbonyl (C=O) groups is 2. The van der Waals surface area contributed by atoms with Gasteiger partial charge in [-0.15, -0.1) is 0 Å². The number of para-hydroxylation sites is 2. The molecule has 0 saturated heterocycles. The van der Waals surface area contributed by atoms with Crippen LogP contribution in [0.5, 0.6) is 11.5 Å². The van der Waals surface area contributed by atoms with E-state index in [-0.39, 0.29) is 18.1 Å². The zero-order valence-electron chi connectivity index (χ0n) is 19.6. The quantitative estimate of drug-likeness (QED) is 0.531. The van der Waals surface area contributed by atoms with Crippen LogP contribution < -0.4 is 19.1 Å². The molecule has 33 heavy (non-hydrogen) atoms. The lowest BCUT2D eigenvalue weighted by Gasteiger charge is -2.32. The lowest BCUT2D eigenvalue weighted by atomic mass is 10.1. The average Bonchev–Trinajstić information content (AvgIpc) is 2.81. The van der Waals surface area contributed by atoms with Crippen molar-refractivity contribution in [1.82, 2.24) is 10.2 Å². The summed E-state index contributed by atoms with van der Waals surface area (Å²) in [4.78, 5) is 27.5. The van der Waals surface area contributed by atoms with Gasteiger partial charge in [-0.25, -0.2) is 8.42 Å². The molecule has 0 unspecified atom stereocenters. The Balaban J connectivity index is 2.47. The van der Waals surface area contributed by atoms with Crippen LogP contribution >= 0.6 is 0 Å². The van der Waals surface area contributed by atoms with Crippen molar-refractivity contribution >= 4 is 27.5 Å². The Bertz CT molecular complexity index is 1070. The second-order valence-electron chi connectivity index (χ2n) is 7.35. The molecule has 0 heterocycles. The third-order valence-electron chi connectivity index (χ3n) is 5.15. The molecule has 2 rings (SSSR count). The van der Waals surface area contributed by atoms with Crippen molar-refractivity contribution in [2.45, 2.75) is 25.9 Å². The van der Waals surface area contributed by atoms with E-state index in [0.29, 0.717) is 17.9 Å². The number of benzene rings is 2. The number of methoxy groups -OCH3 is 2. The van der Waals surface area contributed by atoms with Crippen LogP contribution in [0.3, 0.4) is 0 Å². The topological polar surface area (TPSA) is 105 Å². The molecule has 0 saturated carbocycles. The van der Waals surface area contributed by atoms with Gasteiger partial charge in [-0.05, 0) is 36.2 Å². The van der Waals surface area contributed by atoms with E-state index in [1.165, 1.54) is 19.1 Å². The Morgan fingerprint density at radius 1 is 1.06 bits per heavy atom. The number of rotatable bonds is 11. The predicted molar refractivity (Wildman–Crippen MR) is 127 cm³/mol. The summed E-state index contributed by atoms with van der Waals surface area (Å²) in [6.07, 6.45) is 1.37. The normalized spacial score (nSPS) is 11.9. The van der Waals surface area contributed by atoms with Gasteiger partial charge in [0.1, 0.15) is 24.1 Å². The van der Waals surface area contributed by atoms with E-state index in [1.54, 1.807) is 56.5 Å². The van der Waals surface area contributed by atoms with Crippen LogP contribution in [0.2, 0.25) is 0 Å². The first kappa shape index (κ1) is 26.0. The highest BCUT2D eigenvalue weighted by atomic mass is 32.2. The maximum atomic E-state index is 13.5. The maximum Gasteiger partial charge on any atom is 0.244 e. The minimum Gasteiger partial charge on any atom is -0.497 e. The van der Waals surface area contributed by atoms with Crippen molar-refractivity contribution in [3.8, 4) is 11.5 Å². The van der Waals surface area contributed by atoms with Crippen LogP contribution in [0.1, 0.15) is 18.9 Å². The molecule has 0 aromatic heterocycles. The highest BCUT2D eigenvalue weighted by molar-refractivity contribution is 7.92. The molecule has 0 spiro atoms. The first-order chi connectivity index (χ1) is 15.7. The van der Waals surface area contributed by atoms with Crippen molar-refractivity contribution in [2.24, 2.45) is 0 Å². The Morgan fingerprint density at radius 3 is 2.33 bits per heavy atom. The third-order valence-corrected chi connectivity index (χ3v) is 6.28. The second kappa shape index (κ2) is 11.6. The molecular formula is C23H31N3O6S. The number of anilines is 1. The van der Waals surface area contributed by atoms with Crippen molar-refractivity contribution in [1.29, 1.82) is 0 Å². The molecule has 0 fully saturated rings. The van der Waals surface area contributed by atoms with Gasteiger partial charge in [0.15, 0.2) is 0 Å². The molecule has 0 radical (unpaired) electrons. The third kappa shape index (κ3) is 6.61. The van der Waals surface area contributed by atoms with Crippen molar-refractivity contribution < 1.29 is 27.5 Å². The van der Waals surface area contributed by atoms with Gasteiger partial charge < -0.3 is 19.7 Å². The Kier molecular flexibility index (Phi) is 9.10. The SMILES string of the molecule is CC[C@H](C(=O)NC)N(Cc1cccc(OC)c1)C(=O)CN(c1ccccc1OC)S(C)(=O)=O. The van der Waals surface area contributed by atoms with E-state index in [2.05, 4.69) is 5.32 Å². The van der Waals surface area contributed by atoms with Crippen LogP contribution in [0.15, 0.2) is 48.5 Å². The zero-order valence-corrected chi connectivity index (χ0v) is 20.4. The highest BCUT2D eigenvalue weighted by Crippen LogP contribution is 2.29. The Morgan fingerprint density at radius 2 is 1.76 bits per heavy atom. The largest absolute Gasteiger partial charge is 0.497 e. The van der Waals surface area contributed by atoms with Gasteiger partial charge in [0.25, 0.3) is 0 Å². The molecule has 2 amide bonds. The summed E-state index contributed by atoms with van der Waals surface area (Å²) in [5.41, 5.74) is 0.985. The van der Waals surface area contributed by atoms with Gasteiger partial charge in [0.2, 0.25) is 21.8 Å². The summed E-state index contributed by atoms with van der Waals surface area (Å²) in [6, 6.07) is 12.9. The summed E-state index contributed by atoms with van der Waals surface area (Å²) in [5.74, 6) is 0.0645. The number of ether oxygens (including phenoxy) is 2. The Hall–Kier alpha value is -3.27. The van der Waals surface area contributed by atoms with Crippen LogP contribution in [-0.2, 0) is 26.2 Å². The fourth-order valence-electron chi connectivity index (χ4n) is 3.48. The monoisotopic (exact) mass is 477 g/mol. The van der Waals surface area contributed by atoms with E-state index in [0.717, 1.165) is 16.1 Å². The molecule has 10 heteroatoms. The van der Waals surface area contributed by atoms with Crippen LogP contribution in [0.4, 0.5) is 5.69 Å². The number of nitrogens with zero attached hydrogens (tertiary/aromatic N) is 2. The Labute approximate surface area is 195 Å². The summed E-state index contributed by atoms with van der Waals surface area (Å²) in [7, 11) is 0.627. The number of nitrogens with one attached hydrogen (secondary N) is 1. The van der Waals surface area contributed by atoms with E-state index in [1.807, 2.05) is 6.07 Å². The zero-order chi connectivity index (χ0) is 24.6. The van der Waals surface area contributed by atoms with Gasteiger partial charge in [-0.1, -0.05) is 31.2 Å². The molecule has 2 aromatic carbocycles. The number of likely N-dealkylation sites (N-methyl/N-ethyl adjacent to an activating group) is 1. The molecule has 180 valence electrons. The first-order valence-corrected chi connectivity index (χ1v) is 12.3. The summed E-state index contributed by atoms with van der Waals surface area (Å²) in [5, 5.41) is 2.58. The average molecular weight is 478 g/mol. The first-order valence-electron chi connectivity index (χ1n) is 10.4. The molecule has 2 aromatic rings. The molecule has 9 nitrogen and oxygen atoms in total. The predicted octanol–water partition coefficient (Wildman–Crippen LogP) is 2.02. The maximum absolute atomic E-state index is 13.5. The van der Waals surface area contributed by atoms with Crippen LogP contribution in [0.25, 0.3) is 0 Å². The van der Waals surface area contributed by atoms with Gasteiger partial charge in [-0.3, -0.25) is 13.9 Å². The molecule has 1 N–H and O–H groups in total. The summed E-state index contributed by atoms with van der Waals surface area (Å²) >= 11 is 0. The minimum atomic E-state index is -3.84. The van der Waals surface area contributed by atoms with Gasteiger partial charge in [0, 0.05) is 13.6 Å². The van der Waals surface area contributed by atoms with Crippen molar-refractivity contribution in [3.05, 3.63) is 54.1 Å². The van der Waals surface area contributed by atoms with Crippen molar-refractivity contribution in [2.75, 3.05) is 38.4 Å². The summed E-state index contributed by atoms with van der Waals surface area (Å²) < 4.78 is 36.8. The van der Waals surface area contributed by atoms with E-state index < -0.39 is 28.5 Å². The fourth-order valence-corrected chi connectivity index (χ4v) is 4.34. The number of carbonyl (C=O) groups excluding carboxylic acids is 2. The molecule has 1 atom stereocenters. The highest BCUT2D eigenvalue weighted by Gasteiger charge is 2.32. The van der Waals surface area contributed by atoms with Crippen LogP contribution in [-0.4, -0.2) is 65.2 Å². The minimum absolute atomic E-state index is 0.103. The van der Waals surface area contributed by atoms with Crippen LogP contribution in [0, 0.1) is 0 Å². The molecule has 0 aliphatic carbocycles. The number of hydrogen-bond acceptors (Lipinski definition) is 6. The lowest BCUT2D eigenvalue weighted by molar-refractivity contribution is -0.140. The number of hydrogen-bond donors (Lipinski definition) is 1. The molecular weight excluding hydrogens is 446 g/mol. The number of sulfonamides is 1. The van der Waals surface area contributed by atoms with E-state index in [9.17, 15) is 18.0 Å². The molecule has 0 aliphatic heterocycles.